The van der Waals surface area contributed by atoms with Gasteiger partial charge in [-0.05, 0) is 29.2 Å². The summed E-state index contributed by atoms with van der Waals surface area (Å²) in [5, 5.41) is 11.4. The molecule has 0 aromatic heterocycles. The van der Waals surface area contributed by atoms with E-state index in [1.165, 1.54) is 0 Å². The fourth-order valence-corrected chi connectivity index (χ4v) is 5.30. The topological polar surface area (TPSA) is 40.5 Å². The zero-order chi connectivity index (χ0) is 18.4. The van der Waals surface area contributed by atoms with Gasteiger partial charge in [-0.2, -0.15) is 0 Å². The van der Waals surface area contributed by atoms with Crippen LogP contribution in [0.1, 0.15) is 42.6 Å². The van der Waals surface area contributed by atoms with Gasteiger partial charge in [0.15, 0.2) is 5.78 Å². The van der Waals surface area contributed by atoms with Crippen molar-refractivity contribution in [3.8, 4) is 0 Å². The van der Waals surface area contributed by atoms with Crippen LogP contribution in [0.3, 0.4) is 0 Å². The van der Waals surface area contributed by atoms with Crippen LogP contribution in [0.4, 0.5) is 0 Å². The number of carbonyl (C=O) groups excluding carboxylic acids is 1. The SMILES string of the molecule is C[C@@]12CN(CC(=O)c3ccccc3)C[C@]1(C)CC(O)(c1ccccc1)C2. The number of hydrogen-bond donors (Lipinski definition) is 1. The number of rotatable bonds is 4. The maximum absolute atomic E-state index is 12.6. The Balaban J connectivity index is 1.51. The van der Waals surface area contributed by atoms with Crippen LogP contribution in [-0.2, 0) is 5.60 Å². The Morgan fingerprint density at radius 3 is 1.96 bits per heavy atom. The summed E-state index contributed by atoms with van der Waals surface area (Å²) in [4.78, 5) is 14.9. The smallest absolute Gasteiger partial charge is 0.176 e. The predicted octanol–water partition coefficient (Wildman–Crippen LogP) is 3.88. The van der Waals surface area contributed by atoms with Crippen molar-refractivity contribution in [1.82, 2.24) is 4.90 Å². The number of benzene rings is 2. The van der Waals surface area contributed by atoms with Gasteiger partial charge in [-0.3, -0.25) is 9.69 Å². The first-order chi connectivity index (χ1) is 12.3. The molecule has 0 radical (unpaired) electrons. The molecule has 3 heteroatoms. The zero-order valence-corrected chi connectivity index (χ0v) is 15.6. The molecule has 2 aromatic carbocycles. The van der Waals surface area contributed by atoms with Crippen molar-refractivity contribution in [2.75, 3.05) is 19.6 Å². The largest absolute Gasteiger partial charge is 0.385 e. The van der Waals surface area contributed by atoms with E-state index in [9.17, 15) is 9.90 Å². The van der Waals surface area contributed by atoms with Crippen molar-refractivity contribution >= 4 is 5.78 Å². The Kier molecular flexibility index (Phi) is 4.05. The van der Waals surface area contributed by atoms with Crippen molar-refractivity contribution in [3.63, 3.8) is 0 Å². The number of hydrogen-bond acceptors (Lipinski definition) is 3. The Hall–Kier alpha value is -1.97. The van der Waals surface area contributed by atoms with Gasteiger partial charge in [0.05, 0.1) is 12.1 Å². The van der Waals surface area contributed by atoms with Gasteiger partial charge in [0.25, 0.3) is 0 Å². The molecular weight excluding hydrogens is 322 g/mol. The summed E-state index contributed by atoms with van der Waals surface area (Å²) >= 11 is 0. The lowest BCUT2D eigenvalue weighted by Crippen LogP contribution is -2.33. The van der Waals surface area contributed by atoms with Gasteiger partial charge in [0, 0.05) is 18.7 Å². The molecule has 4 rings (SSSR count). The minimum atomic E-state index is -0.764. The summed E-state index contributed by atoms with van der Waals surface area (Å²) in [6.07, 6.45) is 1.49. The molecule has 1 N–H and O–H groups in total. The third kappa shape index (κ3) is 2.80. The van der Waals surface area contributed by atoms with Crippen LogP contribution in [-0.4, -0.2) is 35.4 Å². The molecule has 1 saturated heterocycles. The first-order valence-electron chi connectivity index (χ1n) is 9.42. The van der Waals surface area contributed by atoms with Crippen LogP contribution in [0.15, 0.2) is 60.7 Å². The van der Waals surface area contributed by atoms with Gasteiger partial charge in [0.1, 0.15) is 0 Å². The maximum Gasteiger partial charge on any atom is 0.176 e. The molecule has 26 heavy (non-hydrogen) atoms. The van der Waals surface area contributed by atoms with Crippen molar-refractivity contribution in [2.45, 2.75) is 32.3 Å². The fraction of sp³-hybridized carbons (Fsp3) is 0.435. The van der Waals surface area contributed by atoms with E-state index in [0.29, 0.717) is 6.54 Å². The molecule has 1 aliphatic heterocycles. The average Bonchev–Trinajstić information content (AvgIpc) is 2.96. The number of nitrogens with zero attached hydrogens (tertiary/aromatic N) is 1. The summed E-state index contributed by atoms with van der Waals surface area (Å²) in [6, 6.07) is 19.6. The minimum absolute atomic E-state index is 0.00849. The molecule has 2 aromatic rings. The molecule has 0 spiro atoms. The van der Waals surface area contributed by atoms with Crippen LogP contribution in [0.25, 0.3) is 0 Å². The van der Waals surface area contributed by atoms with Gasteiger partial charge < -0.3 is 5.11 Å². The molecule has 1 unspecified atom stereocenters. The molecule has 1 heterocycles. The van der Waals surface area contributed by atoms with E-state index in [1.54, 1.807) is 0 Å². The quantitative estimate of drug-likeness (QED) is 0.852. The first-order valence-corrected chi connectivity index (χ1v) is 9.42. The van der Waals surface area contributed by atoms with E-state index in [2.05, 4.69) is 18.7 Å². The van der Waals surface area contributed by atoms with E-state index >= 15 is 0 Å². The minimum Gasteiger partial charge on any atom is -0.385 e. The van der Waals surface area contributed by atoms with Crippen LogP contribution >= 0.6 is 0 Å². The number of aliphatic hydroxyl groups is 1. The molecule has 1 aliphatic carbocycles. The fourth-order valence-electron chi connectivity index (χ4n) is 5.30. The number of carbonyl (C=O) groups is 1. The Morgan fingerprint density at radius 1 is 0.923 bits per heavy atom. The number of Topliss-reactive ketones (excluding diaryl/α,β-unsaturated/α-hetero) is 1. The van der Waals surface area contributed by atoms with Gasteiger partial charge in [-0.1, -0.05) is 74.5 Å². The van der Waals surface area contributed by atoms with Crippen molar-refractivity contribution in [2.24, 2.45) is 10.8 Å². The lowest BCUT2D eigenvalue weighted by molar-refractivity contribution is 0.0220. The van der Waals surface area contributed by atoms with Crippen molar-refractivity contribution < 1.29 is 9.90 Å². The highest BCUT2D eigenvalue weighted by Crippen LogP contribution is 2.63. The van der Waals surface area contributed by atoms with Gasteiger partial charge in [-0.15, -0.1) is 0 Å². The molecule has 0 amide bonds. The molecule has 2 fully saturated rings. The van der Waals surface area contributed by atoms with Crippen molar-refractivity contribution in [1.29, 1.82) is 0 Å². The molecule has 2 aliphatic rings. The molecule has 0 bridgehead atoms. The second kappa shape index (κ2) is 6.04. The maximum atomic E-state index is 12.6. The molecular formula is C23H27NO2. The van der Waals surface area contributed by atoms with Gasteiger partial charge in [-0.25, -0.2) is 0 Å². The Bertz CT molecular complexity index is 783. The first kappa shape index (κ1) is 17.4. The lowest BCUT2D eigenvalue weighted by Gasteiger charge is -2.32. The summed E-state index contributed by atoms with van der Waals surface area (Å²) < 4.78 is 0. The van der Waals surface area contributed by atoms with Crippen molar-refractivity contribution in [3.05, 3.63) is 71.8 Å². The van der Waals surface area contributed by atoms with E-state index in [4.69, 9.17) is 0 Å². The normalized spacial score (nSPS) is 34.0. The second-order valence-corrected chi connectivity index (χ2v) is 8.81. The highest BCUT2D eigenvalue weighted by molar-refractivity contribution is 5.97. The Morgan fingerprint density at radius 2 is 1.42 bits per heavy atom. The molecule has 1 saturated carbocycles. The van der Waals surface area contributed by atoms with E-state index in [1.807, 2.05) is 60.7 Å². The van der Waals surface area contributed by atoms with E-state index < -0.39 is 5.60 Å². The summed E-state index contributed by atoms with van der Waals surface area (Å²) in [5.74, 6) is 0.177. The number of fused-ring (bicyclic) bond motifs is 1. The van der Waals surface area contributed by atoms with Crippen LogP contribution < -0.4 is 0 Å². The molecule has 3 atom stereocenters. The van der Waals surface area contributed by atoms with E-state index in [-0.39, 0.29) is 16.6 Å². The second-order valence-electron chi connectivity index (χ2n) is 8.81. The highest BCUT2D eigenvalue weighted by Gasteiger charge is 2.62. The number of likely N-dealkylation sites (tertiary alicyclic amines) is 1. The monoisotopic (exact) mass is 349 g/mol. The summed E-state index contributed by atoms with van der Waals surface area (Å²) in [6.45, 7) is 6.73. The van der Waals surface area contributed by atoms with Gasteiger partial charge in [0.2, 0.25) is 0 Å². The average molecular weight is 349 g/mol. The highest BCUT2D eigenvalue weighted by atomic mass is 16.3. The molecule has 3 nitrogen and oxygen atoms in total. The van der Waals surface area contributed by atoms with Crippen LogP contribution in [0.2, 0.25) is 0 Å². The Labute approximate surface area is 155 Å². The predicted molar refractivity (Wildman–Crippen MR) is 103 cm³/mol. The van der Waals surface area contributed by atoms with Gasteiger partial charge >= 0.3 is 0 Å². The number of ketones is 1. The van der Waals surface area contributed by atoms with E-state index in [0.717, 1.165) is 37.1 Å². The van der Waals surface area contributed by atoms with Crippen LogP contribution in [0, 0.1) is 10.8 Å². The standard InChI is InChI=1S/C23H27NO2/c1-21-14-23(26,19-11-7-4-8-12-19)15-22(21,2)17-24(16-21)13-20(25)18-9-5-3-6-10-18/h3-12,26H,13-17H2,1-2H3/t21-,22+,23?. The zero-order valence-electron chi connectivity index (χ0n) is 15.6. The third-order valence-electron chi connectivity index (χ3n) is 6.74. The summed E-state index contributed by atoms with van der Waals surface area (Å²) in [5.41, 5.74) is 1.05. The third-order valence-corrected chi connectivity index (χ3v) is 6.74. The lowest BCUT2D eigenvalue weighted by atomic mass is 9.71. The van der Waals surface area contributed by atoms with Crippen LogP contribution in [0.5, 0.6) is 0 Å². The molecule has 136 valence electrons. The summed E-state index contributed by atoms with van der Waals surface area (Å²) in [7, 11) is 0.